The van der Waals surface area contributed by atoms with Crippen molar-refractivity contribution in [2.24, 2.45) is 5.92 Å². The number of sulfonamides is 1. The van der Waals surface area contributed by atoms with Crippen LogP contribution in [0.25, 0.3) is 0 Å². The number of benzene rings is 1. The predicted molar refractivity (Wildman–Crippen MR) is 109 cm³/mol. The number of piperazine rings is 1. The van der Waals surface area contributed by atoms with Crippen LogP contribution in [0.4, 0.5) is 0 Å². The summed E-state index contributed by atoms with van der Waals surface area (Å²) >= 11 is 0. The van der Waals surface area contributed by atoms with Gasteiger partial charge in [0.15, 0.2) is 6.54 Å². The van der Waals surface area contributed by atoms with E-state index < -0.39 is 10.0 Å². The molecular formula is C20H32N3O5S+. The Bertz CT molecular complexity index is 821. The molecule has 2 saturated heterocycles. The van der Waals surface area contributed by atoms with Crippen molar-refractivity contribution < 1.29 is 27.6 Å². The van der Waals surface area contributed by atoms with Crippen LogP contribution in [0.5, 0.6) is 11.5 Å². The van der Waals surface area contributed by atoms with Crippen molar-refractivity contribution in [1.82, 2.24) is 9.21 Å². The summed E-state index contributed by atoms with van der Waals surface area (Å²) < 4.78 is 38.1. The Morgan fingerprint density at radius 3 is 2.52 bits per heavy atom. The molecule has 2 fully saturated rings. The van der Waals surface area contributed by atoms with Crippen molar-refractivity contribution >= 4 is 15.9 Å². The molecule has 0 spiro atoms. The fourth-order valence-electron chi connectivity index (χ4n) is 4.19. The van der Waals surface area contributed by atoms with Crippen LogP contribution in [-0.2, 0) is 14.8 Å². The minimum absolute atomic E-state index is 0.0888. The minimum Gasteiger partial charge on any atom is -0.497 e. The van der Waals surface area contributed by atoms with Crippen molar-refractivity contribution in [2.45, 2.75) is 24.7 Å². The first-order valence-electron chi connectivity index (χ1n) is 10.2. The molecule has 2 aliphatic heterocycles. The maximum atomic E-state index is 13.1. The van der Waals surface area contributed by atoms with Gasteiger partial charge in [0.2, 0.25) is 10.0 Å². The number of carbonyl (C=O) groups excluding carboxylic acids is 1. The number of hydrogen-bond donors (Lipinski definition) is 1. The van der Waals surface area contributed by atoms with Gasteiger partial charge in [-0.3, -0.25) is 4.79 Å². The smallest absolute Gasteiger partial charge is 0.277 e. The Balaban J connectivity index is 1.63. The fraction of sp³-hybridized carbons (Fsp3) is 0.650. The van der Waals surface area contributed by atoms with Crippen molar-refractivity contribution in [3.05, 3.63) is 18.2 Å². The second kappa shape index (κ2) is 9.32. The van der Waals surface area contributed by atoms with Gasteiger partial charge in [-0.1, -0.05) is 6.92 Å². The van der Waals surface area contributed by atoms with Gasteiger partial charge in [0.1, 0.15) is 16.4 Å². The van der Waals surface area contributed by atoms with Crippen molar-refractivity contribution in [1.29, 1.82) is 0 Å². The standard InChI is InChI=1S/C20H31N3O5S/c1-16-5-4-8-21(14-16)15-20(24)22-9-11-23(12-10-22)29(25,26)19-13-17(27-2)6-7-18(19)28-3/h6-7,13,16H,4-5,8-12,14-15H2,1-3H3/p+1/t16-/m0/s1. The van der Waals surface area contributed by atoms with Crippen LogP contribution < -0.4 is 14.4 Å². The van der Waals surface area contributed by atoms with Gasteiger partial charge in [-0.2, -0.15) is 4.31 Å². The van der Waals surface area contributed by atoms with Gasteiger partial charge in [0.25, 0.3) is 5.91 Å². The van der Waals surface area contributed by atoms with Crippen LogP contribution in [0, 0.1) is 5.92 Å². The van der Waals surface area contributed by atoms with Gasteiger partial charge in [0, 0.05) is 38.2 Å². The van der Waals surface area contributed by atoms with E-state index in [-0.39, 0.29) is 29.6 Å². The molecule has 0 aromatic heterocycles. The largest absolute Gasteiger partial charge is 0.497 e. The van der Waals surface area contributed by atoms with Crippen LogP contribution in [-0.4, -0.2) is 83.6 Å². The van der Waals surface area contributed by atoms with Gasteiger partial charge >= 0.3 is 0 Å². The summed E-state index contributed by atoms with van der Waals surface area (Å²) in [5.41, 5.74) is 0. The number of ether oxygens (including phenoxy) is 2. The summed E-state index contributed by atoms with van der Waals surface area (Å²) in [6.07, 6.45) is 2.40. The Kier molecular flexibility index (Phi) is 7.02. The maximum Gasteiger partial charge on any atom is 0.277 e. The van der Waals surface area contributed by atoms with Gasteiger partial charge in [-0.05, 0) is 25.0 Å². The second-order valence-corrected chi connectivity index (χ2v) is 9.84. The average Bonchev–Trinajstić information content (AvgIpc) is 2.73. The van der Waals surface area contributed by atoms with E-state index in [4.69, 9.17) is 9.47 Å². The molecule has 8 nitrogen and oxygen atoms in total. The molecule has 0 radical (unpaired) electrons. The van der Waals surface area contributed by atoms with Crippen LogP contribution in [0.15, 0.2) is 23.1 Å². The van der Waals surface area contributed by atoms with Crippen LogP contribution >= 0.6 is 0 Å². The number of hydrogen-bond acceptors (Lipinski definition) is 5. The zero-order valence-electron chi connectivity index (χ0n) is 17.5. The Labute approximate surface area is 173 Å². The summed E-state index contributed by atoms with van der Waals surface area (Å²) in [5.74, 6) is 1.51. The third kappa shape index (κ3) is 5.02. The van der Waals surface area contributed by atoms with Crippen LogP contribution in [0.1, 0.15) is 19.8 Å². The molecule has 1 unspecified atom stereocenters. The van der Waals surface area contributed by atoms with E-state index in [1.165, 1.54) is 35.9 Å². The highest BCUT2D eigenvalue weighted by Crippen LogP contribution is 2.31. The summed E-state index contributed by atoms with van der Waals surface area (Å²) in [6.45, 7) is 6.19. The first-order valence-corrected chi connectivity index (χ1v) is 11.6. The molecule has 1 N–H and O–H groups in total. The molecule has 0 saturated carbocycles. The van der Waals surface area contributed by atoms with E-state index in [1.807, 2.05) is 0 Å². The quantitative estimate of drug-likeness (QED) is 0.685. The number of amides is 1. The number of piperidine rings is 1. The SMILES string of the molecule is COc1ccc(OC)c(S(=O)(=O)N2CCN(C(=O)C[NH+]3CCC[C@H](C)C3)CC2)c1. The van der Waals surface area contributed by atoms with Gasteiger partial charge in [-0.15, -0.1) is 0 Å². The molecular weight excluding hydrogens is 394 g/mol. The molecule has 2 heterocycles. The summed E-state index contributed by atoms with van der Waals surface area (Å²) in [4.78, 5) is 15.9. The maximum absolute atomic E-state index is 13.1. The van der Waals surface area contributed by atoms with Crippen LogP contribution in [0.3, 0.4) is 0 Å². The Morgan fingerprint density at radius 1 is 1.17 bits per heavy atom. The topological polar surface area (TPSA) is 80.6 Å². The van der Waals surface area contributed by atoms with Crippen molar-refractivity contribution in [2.75, 3.05) is 60.0 Å². The zero-order chi connectivity index (χ0) is 21.0. The monoisotopic (exact) mass is 426 g/mol. The van der Waals surface area contributed by atoms with E-state index in [2.05, 4.69) is 6.92 Å². The fourth-order valence-corrected chi connectivity index (χ4v) is 5.78. The molecule has 3 rings (SSSR count). The lowest BCUT2D eigenvalue weighted by molar-refractivity contribution is -0.900. The highest BCUT2D eigenvalue weighted by atomic mass is 32.2. The second-order valence-electron chi connectivity index (χ2n) is 7.93. The molecule has 1 aromatic carbocycles. The van der Waals surface area contributed by atoms with E-state index in [0.717, 1.165) is 19.5 Å². The number of carbonyl (C=O) groups is 1. The Hall–Kier alpha value is -1.84. The predicted octanol–water partition coefficient (Wildman–Crippen LogP) is -0.148. The summed E-state index contributed by atoms with van der Waals surface area (Å²) in [5, 5.41) is 0. The van der Waals surface area contributed by atoms with Gasteiger partial charge < -0.3 is 19.3 Å². The van der Waals surface area contributed by atoms with E-state index in [0.29, 0.717) is 31.3 Å². The minimum atomic E-state index is -3.74. The first-order chi connectivity index (χ1) is 13.8. The lowest BCUT2D eigenvalue weighted by atomic mass is 10.0. The number of nitrogens with one attached hydrogen (secondary N) is 1. The molecule has 0 bridgehead atoms. The molecule has 9 heteroatoms. The third-order valence-electron chi connectivity index (χ3n) is 5.85. The molecule has 162 valence electrons. The third-order valence-corrected chi connectivity index (χ3v) is 7.77. The van der Waals surface area contributed by atoms with Crippen LogP contribution in [0.2, 0.25) is 0 Å². The highest BCUT2D eigenvalue weighted by Gasteiger charge is 2.33. The molecule has 29 heavy (non-hydrogen) atoms. The number of likely N-dealkylation sites (tertiary alicyclic amines) is 1. The Morgan fingerprint density at radius 2 is 1.90 bits per heavy atom. The number of methoxy groups -OCH3 is 2. The molecule has 2 aliphatic rings. The lowest BCUT2D eigenvalue weighted by Gasteiger charge is -2.35. The van der Waals surface area contributed by atoms with E-state index >= 15 is 0 Å². The van der Waals surface area contributed by atoms with Gasteiger partial charge in [-0.25, -0.2) is 8.42 Å². The lowest BCUT2D eigenvalue weighted by Crippen LogP contribution is -3.14. The average molecular weight is 427 g/mol. The molecule has 1 aromatic rings. The van der Waals surface area contributed by atoms with Gasteiger partial charge in [0.05, 0.1) is 27.3 Å². The number of quaternary nitrogens is 1. The molecule has 0 aliphatic carbocycles. The first kappa shape index (κ1) is 21.9. The highest BCUT2D eigenvalue weighted by molar-refractivity contribution is 7.89. The van der Waals surface area contributed by atoms with Crippen molar-refractivity contribution in [3.63, 3.8) is 0 Å². The normalized spacial score (nSPS) is 23.6. The zero-order valence-corrected chi connectivity index (χ0v) is 18.3. The number of nitrogens with zero attached hydrogens (tertiary/aromatic N) is 2. The summed E-state index contributed by atoms with van der Waals surface area (Å²) in [7, 11) is -0.796. The van der Waals surface area contributed by atoms with Crippen molar-refractivity contribution in [3.8, 4) is 11.5 Å². The van der Waals surface area contributed by atoms with E-state index in [9.17, 15) is 13.2 Å². The summed E-state index contributed by atoms with van der Waals surface area (Å²) in [6, 6.07) is 4.73. The number of rotatable bonds is 6. The van der Waals surface area contributed by atoms with E-state index in [1.54, 1.807) is 17.0 Å². The molecule has 1 amide bonds. The molecule has 2 atom stereocenters.